The van der Waals surface area contributed by atoms with Crippen molar-refractivity contribution in [3.05, 3.63) is 24.0 Å². The van der Waals surface area contributed by atoms with E-state index in [1.807, 2.05) is 36.6 Å². The Kier molecular flexibility index (Phi) is 5.07. The van der Waals surface area contributed by atoms with Crippen molar-refractivity contribution in [2.45, 2.75) is 26.3 Å². The van der Waals surface area contributed by atoms with Crippen LogP contribution in [-0.4, -0.2) is 40.6 Å². The molecule has 114 valence electrons. The van der Waals surface area contributed by atoms with Gasteiger partial charge >= 0.3 is 0 Å². The molecule has 5 nitrogen and oxygen atoms in total. The van der Waals surface area contributed by atoms with Gasteiger partial charge in [0.2, 0.25) is 5.91 Å². The fourth-order valence-electron chi connectivity index (χ4n) is 2.37. The molecule has 1 aromatic heterocycles. The molecule has 0 saturated carbocycles. The number of hydrogen-bond donors (Lipinski definition) is 0. The van der Waals surface area contributed by atoms with Crippen LogP contribution in [0.1, 0.15) is 19.7 Å². The molecule has 0 aliphatic carbocycles. The molecule has 6 heteroatoms. The van der Waals surface area contributed by atoms with E-state index >= 15 is 0 Å². The number of methoxy groups -OCH3 is 1. The maximum absolute atomic E-state index is 12.3. The van der Waals surface area contributed by atoms with Gasteiger partial charge < -0.3 is 14.2 Å². The van der Waals surface area contributed by atoms with Crippen LogP contribution in [0.5, 0.6) is 5.75 Å². The minimum Gasteiger partial charge on any atom is -0.497 e. The van der Waals surface area contributed by atoms with Crippen LogP contribution in [0.25, 0.3) is 11.0 Å². The van der Waals surface area contributed by atoms with Crippen molar-refractivity contribution in [3.8, 4) is 5.75 Å². The highest BCUT2D eigenvalue weighted by atomic mass is 35.5. The van der Waals surface area contributed by atoms with E-state index in [-0.39, 0.29) is 18.3 Å². The van der Waals surface area contributed by atoms with Crippen LogP contribution in [0.3, 0.4) is 0 Å². The summed E-state index contributed by atoms with van der Waals surface area (Å²) >= 11 is 5.97. The molecule has 0 radical (unpaired) electrons. The van der Waals surface area contributed by atoms with E-state index in [1.165, 1.54) is 0 Å². The Morgan fingerprint density at radius 3 is 2.67 bits per heavy atom. The number of imidazole rings is 1. The van der Waals surface area contributed by atoms with Crippen molar-refractivity contribution < 1.29 is 9.53 Å². The molecular formula is C15H20ClN3O2. The summed E-state index contributed by atoms with van der Waals surface area (Å²) in [6.45, 7) is 5.58. The predicted molar refractivity (Wildman–Crippen MR) is 83.8 cm³/mol. The molecule has 0 unspecified atom stereocenters. The van der Waals surface area contributed by atoms with Crippen LogP contribution in [-0.2, 0) is 17.2 Å². The van der Waals surface area contributed by atoms with Crippen molar-refractivity contribution in [1.29, 1.82) is 0 Å². The van der Waals surface area contributed by atoms with E-state index in [4.69, 9.17) is 16.3 Å². The van der Waals surface area contributed by atoms with E-state index in [2.05, 4.69) is 4.98 Å². The van der Waals surface area contributed by atoms with Gasteiger partial charge in [0, 0.05) is 19.2 Å². The minimum absolute atomic E-state index is 0.0634. The highest BCUT2D eigenvalue weighted by Crippen LogP contribution is 2.23. The molecule has 0 aliphatic heterocycles. The minimum atomic E-state index is 0.0634. The Bertz CT molecular complexity index is 635. The number of benzene rings is 1. The zero-order valence-electron chi connectivity index (χ0n) is 12.6. The number of carbonyl (C=O) groups excluding carboxylic acids is 1. The quantitative estimate of drug-likeness (QED) is 0.771. The number of nitrogens with zero attached hydrogens (tertiary/aromatic N) is 3. The van der Waals surface area contributed by atoms with Gasteiger partial charge in [-0.2, -0.15) is 0 Å². The standard InChI is InChI=1S/C15H20ClN3O2/c1-4-18(5-2)15(20)10-19-13-8-11(21-3)6-7-12(13)17-14(19)9-16/h6-8H,4-5,9-10H2,1-3H3. The van der Waals surface area contributed by atoms with Crippen molar-refractivity contribution >= 4 is 28.5 Å². The number of ether oxygens (including phenoxy) is 1. The van der Waals surface area contributed by atoms with Gasteiger partial charge in [-0.1, -0.05) is 0 Å². The zero-order chi connectivity index (χ0) is 15.4. The summed E-state index contributed by atoms with van der Waals surface area (Å²) in [5.41, 5.74) is 1.68. The van der Waals surface area contributed by atoms with Crippen molar-refractivity contribution in [1.82, 2.24) is 14.5 Å². The highest BCUT2D eigenvalue weighted by molar-refractivity contribution is 6.16. The largest absolute Gasteiger partial charge is 0.497 e. The van der Waals surface area contributed by atoms with Crippen LogP contribution in [0.15, 0.2) is 18.2 Å². The van der Waals surface area contributed by atoms with Gasteiger partial charge in [0.25, 0.3) is 0 Å². The molecule has 2 rings (SSSR count). The third kappa shape index (κ3) is 3.13. The van der Waals surface area contributed by atoms with E-state index in [1.54, 1.807) is 12.0 Å². The second kappa shape index (κ2) is 6.80. The fourth-order valence-corrected chi connectivity index (χ4v) is 2.57. The third-order valence-corrected chi connectivity index (χ3v) is 3.80. The number of amides is 1. The number of aromatic nitrogens is 2. The lowest BCUT2D eigenvalue weighted by atomic mass is 10.3. The van der Waals surface area contributed by atoms with Gasteiger partial charge in [-0.05, 0) is 26.0 Å². The third-order valence-electron chi connectivity index (χ3n) is 3.56. The summed E-state index contributed by atoms with van der Waals surface area (Å²) < 4.78 is 7.11. The van der Waals surface area contributed by atoms with E-state index in [9.17, 15) is 4.79 Å². The molecule has 1 heterocycles. The maximum atomic E-state index is 12.3. The number of halogens is 1. The molecule has 0 bridgehead atoms. The van der Waals surface area contributed by atoms with Crippen LogP contribution in [0.2, 0.25) is 0 Å². The van der Waals surface area contributed by atoms with Crippen molar-refractivity contribution in [2.75, 3.05) is 20.2 Å². The first-order chi connectivity index (χ1) is 10.1. The molecule has 0 spiro atoms. The van der Waals surface area contributed by atoms with Gasteiger partial charge in [-0.15, -0.1) is 11.6 Å². The van der Waals surface area contributed by atoms with Gasteiger partial charge in [-0.25, -0.2) is 4.98 Å². The molecule has 2 aromatic rings. The molecule has 0 saturated heterocycles. The SMILES string of the molecule is CCN(CC)C(=O)Cn1c(CCl)nc2ccc(OC)cc21. The first-order valence-corrected chi connectivity index (χ1v) is 7.54. The monoisotopic (exact) mass is 309 g/mol. The van der Waals surface area contributed by atoms with Gasteiger partial charge in [0.1, 0.15) is 18.1 Å². The Morgan fingerprint density at radius 2 is 2.10 bits per heavy atom. The van der Waals surface area contributed by atoms with E-state index in [0.717, 1.165) is 16.8 Å². The molecule has 0 aliphatic rings. The first kappa shape index (κ1) is 15.6. The number of fused-ring (bicyclic) bond motifs is 1. The fraction of sp³-hybridized carbons (Fsp3) is 0.467. The summed E-state index contributed by atoms with van der Waals surface area (Å²) in [4.78, 5) is 18.6. The number of alkyl halides is 1. The molecular weight excluding hydrogens is 290 g/mol. The van der Waals surface area contributed by atoms with Crippen LogP contribution in [0, 0.1) is 0 Å². The Balaban J connectivity index is 2.43. The van der Waals surface area contributed by atoms with Crippen LogP contribution in [0.4, 0.5) is 0 Å². The zero-order valence-corrected chi connectivity index (χ0v) is 13.4. The lowest BCUT2D eigenvalue weighted by molar-refractivity contribution is -0.131. The first-order valence-electron chi connectivity index (χ1n) is 7.01. The number of likely N-dealkylation sites (N-methyl/N-ethyl adjacent to an activating group) is 1. The lowest BCUT2D eigenvalue weighted by Crippen LogP contribution is -2.33. The number of rotatable bonds is 6. The van der Waals surface area contributed by atoms with E-state index < -0.39 is 0 Å². The number of carbonyl (C=O) groups is 1. The molecule has 0 fully saturated rings. The van der Waals surface area contributed by atoms with Crippen molar-refractivity contribution in [3.63, 3.8) is 0 Å². The second-order valence-corrected chi connectivity index (χ2v) is 4.94. The summed E-state index contributed by atoms with van der Waals surface area (Å²) in [5.74, 6) is 1.76. The molecule has 1 aromatic carbocycles. The second-order valence-electron chi connectivity index (χ2n) is 4.67. The molecule has 21 heavy (non-hydrogen) atoms. The Labute approximate surface area is 129 Å². The average molecular weight is 310 g/mol. The molecule has 0 atom stereocenters. The van der Waals surface area contributed by atoms with Gasteiger partial charge in [-0.3, -0.25) is 4.79 Å². The summed E-state index contributed by atoms with van der Waals surface area (Å²) in [6, 6.07) is 5.61. The van der Waals surface area contributed by atoms with Crippen LogP contribution >= 0.6 is 11.6 Å². The van der Waals surface area contributed by atoms with Gasteiger partial charge in [0.15, 0.2) is 0 Å². The smallest absolute Gasteiger partial charge is 0.242 e. The Morgan fingerprint density at radius 1 is 1.38 bits per heavy atom. The highest BCUT2D eigenvalue weighted by Gasteiger charge is 2.16. The summed E-state index contributed by atoms with van der Waals surface area (Å²) in [5, 5.41) is 0. The summed E-state index contributed by atoms with van der Waals surface area (Å²) in [6.07, 6.45) is 0. The van der Waals surface area contributed by atoms with Crippen LogP contribution < -0.4 is 4.74 Å². The molecule has 0 N–H and O–H groups in total. The topological polar surface area (TPSA) is 47.4 Å². The van der Waals surface area contributed by atoms with Gasteiger partial charge in [0.05, 0.1) is 24.0 Å². The normalized spacial score (nSPS) is 10.9. The Hall–Kier alpha value is -1.75. The van der Waals surface area contributed by atoms with E-state index in [0.29, 0.717) is 18.9 Å². The predicted octanol–water partition coefficient (Wildman–Crippen LogP) is 2.65. The molecule has 1 amide bonds. The number of hydrogen-bond acceptors (Lipinski definition) is 3. The average Bonchev–Trinajstić information content (AvgIpc) is 2.85. The lowest BCUT2D eigenvalue weighted by Gasteiger charge is -2.19. The summed E-state index contributed by atoms with van der Waals surface area (Å²) in [7, 11) is 1.62. The maximum Gasteiger partial charge on any atom is 0.242 e. The van der Waals surface area contributed by atoms with Crippen molar-refractivity contribution in [2.24, 2.45) is 0 Å².